The Morgan fingerprint density at radius 3 is 2.04 bits per heavy atom. The molecule has 5 heteroatoms. The van der Waals surface area contributed by atoms with E-state index in [4.69, 9.17) is 10.8 Å². The molecule has 0 saturated heterocycles. The molecule has 1 aliphatic carbocycles. The van der Waals surface area contributed by atoms with Crippen LogP contribution in [0.4, 0.5) is 11.4 Å². The number of nitrogens with one attached hydrogen (secondary N) is 1. The van der Waals surface area contributed by atoms with Gasteiger partial charge in [0.05, 0.1) is 6.42 Å². The molecule has 0 aliphatic heterocycles. The molecule has 27 heavy (non-hydrogen) atoms. The Kier molecular flexibility index (Phi) is 5.79. The minimum absolute atomic E-state index is 0.0704. The van der Waals surface area contributed by atoms with Gasteiger partial charge in [-0.3, -0.25) is 9.59 Å². The molecule has 142 valence electrons. The molecule has 0 spiro atoms. The van der Waals surface area contributed by atoms with E-state index in [1.807, 2.05) is 48.5 Å². The van der Waals surface area contributed by atoms with Crippen molar-refractivity contribution >= 4 is 23.3 Å². The highest BCUT2D eigenvalue weighted by Crippen LogP contribution is 2.44. The van der Waals surface area contributed by atoms with Gasteiger partial charge in [0.25, 0.3) is 0 Å². The molecule has 1 saturated carbocycles. The number of aliphatic carboxylic acids is 1. The van der Waals surface area contributed by atoms with Crippen LogP contribution < -0.4 is 11.1 Å². The van der Waals surface area contributed by atoms with E-state index in [2.05, 4.69) is 5.32 Å². The minimum atomic E-state index is -0.822. The molecule has 1 aliphatic rings. The zero-order chi connectivity index (χ0) is 19.3. The zero-order valence-corrected chi connectivity index (χ0v) is 15.4. The maximum Gasteiger partial charge on any atom is 0.303 e. The summed E-state index contributed by atoms with van der Waals surface area (Å²) in [5.41, 5.74) is 9.14. The summed E-state index contributed by atoms with van der Waals surface area (Å²) < 4.78 is 0. The number of benzene rings is 2. The van der Waals surface area contributed by atoms with E-state index < -0.39 is 5.97 Å². The first-order valence-corrected chi connectivity index (χ1v) is 9.39. The lowest BCUT2D eigenvalue weighted by Crippen LogP contribution is -2.27. The maximum atomic E-state index is 12.4. The van der Waals surface area contributed by atoms with Gasteiger partial charge in [-0.25, -0.2) is 0 Å². The van der Waals surface area contributed by atoms with E-state index in [1.54, 1.807) is 0 Å². The predicted molar refractivity (Wildman–Crippen MR) is 107 cm³/mol. The van der Waals surface area contributed by atoms with E-state index in [0.29, 0.717) is 0 Å². The Morgan fingerprint density at radius 1 is 0.926 bits per heavy atom. The molecule has 1 amide bonds. The second kappa shape index (κ2) is 8.25. The Hall–Kier alpha value is -2.82. The number of hydrogen-bond donors (Lipinski definition) is 3. The third-order valence-corrected chi connectivity index (χ3v) is 5.35. The summed E-state index contributed by atoms with van der Waals surface area (Å²) in [4.78, 5) is 23.6. The van der Waals surface area contributed by atoms with Crippen LogP contribution in [-0.2, 0) is 16.0 Å². The van der Waals surface area contributed by atoms with Crippen LogP contribution >= 0.6 is 0 Å². The number of hydrogen-bond acceptors (Lipinski definition) is 3. The van der Waals surface area contributed by atoms with Crippen LogP contribution in [0.2, 0.25) is 0 Å². The van der Waals surface area contributed by atoms with Crippen LogP contribution in [0.25, 0.3) is 0 Å². The number of nitrogen functional groups attached to an aromatic ring is 1. The summed E-state index contributed by atoms with van der Waals surface area (Å²) in [5, 5.41) is 12.1. The first kappa shape index (κ1) is 19.0. The monoisotopic (exact) mass is 366 g/mol. The first-order chi connectivity index (χ1) is 12.9. The van der Waals surface area contributed by atoms with E-state index >= 15 is 0 Å². The summed E-state index contributed by atoms with van der Waals surface area (Å²) in [6, 6.07) is 15.6. The van der Waals surface area contributed by atoms with Crippen LogP contribution in [0.5, 0.6) is 0 Å². The molecule has 0 unspecified atom stereocenters. The molecule has 0 heterocycles. The van der Waals surface area contributed by atoms with Crippen LogP contribution in [0.3, 0.4) is 0 Å². The number of rotatable bonds is 7. The summed E-state index contributed by atoms with van der Waals surface area (Å²) >= 11 is 0. The number of amides is 1. The van der Waals surface area contributed by atoms with Crippen LogP contribution in [0.1, 0.15) is 49.7 Å². The highest BCUT2D eigenvalue weighted by Gasteiger charge is 2.37. The normalized spacial score (nSPS) is 15.4. The highest BCUT2D eigenvalue weighted by atomic mass is 16.4. The molecule has 4 N–H and O–H groups in total. The van der Waals surface area contributed by atoms with Gasteiger partial charge in [0.1, 0.15) is 0 Å². The van der Waals surface area contributed by atoms with Crippen molar-refractivity contribution in [2.24, 2.45) is 5.41 Å². The van der Waals surface area contributed by atoms with Crippen molar-refractivity contribution in [2.75, 3.05) is 11.1 Å². The molecule has 5 nitrogen and oxygen atoms in total. The lowest BCUT2D eigenvalue weighted by molar-refractivity contribution is -0.140. The molecular weight excluding hydrogens is 340 g/mol. The molecule has 0 bridgehead atoms. The van der Waals surface area contributed by atoms with Crippen molar-refractivity contribution in [3.8, 4) is 0 Å². The lowest BCUT2D eigenvalue weighted by atomic mass is 9.79. The van der Waals surface area contributed by atoms with Gasteiger partial charge < -0.3 is 16.2 Å². The predicted octanol–water partition coefficient (Wildman–Crippen LogP) is 4.22. The Balaban J connectivity index is 1.58. The quantitative estimate of drug-likeness (QED) is 0.640. The fourth-order valence-electron chi connectivity index (χ4n) is 3.98. The van der Waals surface area contributed by atoms with Gasteiger partial charge in [-0.15, -0.1) is 0 Å². The lowest BCUT2D eigenvalue weighted by Gasteiger charge is -2.26. The Bertz CT molecular complexity index is 791. The Morgan fingerprint density at radius 2 is 1.48 bits per heavy atom. The van der Waals surface area contributed by atoms with E-state index in [9.17, 15) is 9.59 Å². The second-order valence-electron chi connectivity index (χ2n) is 7.62. The average molecular weight is 366 g/mol. The van der Waals surface area contributed by atoms with Gasteiger partial charge in [0.2, 0.25) is 5.91 Å². The number of anilines is 2. The van der Waals surface area contributed by atoms with E-state index in [0.717, 1.165) is 49.0 Å². The summed E-state index contributed by atoms with van der Waals surface area (Å²) in [6.45, 7) is 0. The van der Waals surface area contributed by atoms with Gasteiger partial charge >= 0.3 is 5.97 Å². The van der Waals surface area contributed by atoms with Crippen LogP contribution in [0.15, 0.2) is 48.5 Å². The molecule has 1 fully saturated rings. The fraction of sp³-hybridized carbons (Fsp3) is 0.364. The minimum Gasteiger partial charge on any atom is -0.481 e. The van der Waals surface area contributed by atoms with Crippen molar-refractivity contribution in [2.45, 2.75) is 44.9 Å². The smallest absolute Gasteiger partial charge is 0.303 e. The molecule has 0 aromatic heterocycles. The van der Waals surface area contributed by atoms with Crippen LogP contribution in [-0.4, -0.2) is 17.0 Å². The summed E-state index contributed by atoms with van der Waals surface area (Å²) in [7, 11) is 0. The van der Waals surface area contributed by atoms with Crippen molar-refractivity contribution in [3.05, 3.63) is 59.7 Å². The number of carbonyl (C=O) groups is 2. The third kappa shape index (κ3) is 5.33. The van der Waals surface area contributed by atoms with Crippen molar-refractivity contribution in [1.82, 2.24) is 0 Å². The number of nitrogens with two attached hydrogens (primary N) is 1. The van der Waals surface area contributed by atoms with Gasteiger partial charge in [-0.2, -0.15) is 0 Å². The van der Waals surface area contributed by atoms with Crippen molar-refractivity contribution in [1.29, 1.82) is 0 Å². The number of carbonyl (C=O) groups excluding carboxylic acids is 1. The standard InChI is InChI=1S/C22H26N2O3/c23-18-7-3-16(4-8-18)13-17-5-9-19(10-6-17)24-20(25)14-22(15-21(26)27)11-1-2-12-22/h3-10H,1-2,11-15,23H2,(H,24,25)(H,26,27). The second-order valence-corrected chi connectivity index (χ2v) is 7.62. The molecule has 0 atom stereocenters. The average Bonchev–Trinajstić information content (AvgIpc) is 3.05. The van der Waals surface area contributed by atoms with Gasteiger partial charge in [-0.1, -0.05) is 37.1 Å². The maximum absolute atomic E-state index is 12.4. The SMILES string of the molecule is Nc1ccc(Cc2ccc(NC(=O)CC3(CC(=O)O)CCCC3)cc2)cc1. The van der Waals surface area contributed by atoms with E-state index in [1.165, 1.54) is 5.56 Å². The third-order valence-electron chi connectivity index (χ3n) is 5.35. The van der Waals surface area contributed by atoms with Gasteiger partial charge in [0, 0.05) is 17.8 Å². The Labute approximate surface area is 159 Å². The first-order valence-electron chi connectivity index (χ1n) is 9.39. The summed E-state index contributed by atoms with van der Waals surface area (Å²) in [5.74, 6) is -0.929. The molecule has 2 aromatic carbocycles. The van der Waals surface area contributed by atoms with Crippen LogP contribution in [0, 0.1) is 5.41 Å². The topological polar surface area (TPSA) is 92.4 Å². The molecular formula is C22H26N2O3. The number of carboxylic acid groups (broad SMARTS) is 1. The van der Waals surface area contributed by atoms with Gasteiger partial charge in [-0.05, 0) is 60.1 Å². The van der Waals surface area contributed by atoms with E-state index in [-0.39, 0.29) is 24.2 Å². The fourth-order valence-corrected chi connectivity index (χ4v) is 3.98. The summed E-state index contributed by atoms with van der Waals surface area (Å²) in [6.07, 6.45) is 4.77. The zero-order valence-electron chi connectivity index (χ0n) is 15.4. The van der Waals surface area contributed by atoms with Gasteiger partial charge in [0.15, 0.2) is 0 Å². The molecule has 3 rings (SSSR count). The largest absolute Gasteiger partial charge is 0.481 e. The molecule has 2 aromatic rings. The van der Waals surface area contributed by atoms with Crippen molar-refractivity contribution < 1.29 is 14.7 Å². The molecule has 0 radical (unpaired) electrons. The van der Waals surface area contributed by atoms with Crippen molar-refractivity contribution in [3.63, 3.8) is 0 Å². The number of carboxylic acids is 1. The highest BCUT2D eigenvalue weighted by molar-refractivity contribution is 5.91.